The van der Waals surface area contributed by atoms with Gasteiger partial charge in [0.05, 0.1) is 16.0 Å². The number of rotatable bonds is 6. The Kier molecular flexibility index (Phi) is 4.70. The highest BCUT2D eigenvalue weighted by atomic mass is 16.6. The minimum atomic E-state index is -0.375. The second kappa shape index (κ2) is 6.49. The lowest BCUT2D eigenvalue weighted by atomic mass is 10.1. The molecule has 0 saturated heterocycles. The zero-order valence-corrected chi connectivity index (χ0v) is 12.5. The van der Waals surface area contributed by atoms with Gasteiger partial charge in [-0.15, -0.1) is 0 Å². The zero-order valence-electron chi connectivity index (χ0n) is 12.5. The molecule has 0 aliphatic rings. The quantitative estimate of drug-likeness (QED) is 0.653. The summed E-state index contributed by atoms with van der Waals surface area (Å²) >= 11 is 0. The highest BCUT2D eigenvalue weighted by Crippen LogP contribution is 2.29. The fourth-order valence-corrected chi connectivity index (χ4v) is 2.08. The van der Waals surface area contributed by atoms with Gasteiger partial charge in [-0.05, 0) is 39.1 Å². The van der Waals surface area contributed by atoms with E-state index in [0.29, 0.717) is 16.9 Å². The summed E-state index contributed by atoms with van der Waals surface area (Å²) in [5, 5.41) is 14.9. The Morgan fingerprint density at radius 3 is 2.81 bits per heavy atom. The predicted octanol–water partition coefficient (Wildman–Crippen LogP) is 2.90. The highest BCUT2D eigenvalue weighted by Gasteiger charge is 2.14. The molecule has 0 spiro atoms. The van der Waals surface area contributed by atoms with Crippen LogP contribution in [-0.4, -0.2) is 41.0 Å². The second-order valence-electron chi connectivity index (χ2n) is 5.29. The van der Waals surface area contributed by atoms with Crippen LogP contribution >= 0.6 is 0 Å². The van der Waals surface area contributed by atoms with Gasteiger partial charge in [0.1, 0.15) is 5.52 Å². The van der Waals surface area contributed by atoms with Crippen LogP contribution in [0, 0.1) is 10.1 Å². The molecule has 0 fully saturated rings. The van der Waals surface area contributed by atoms with Crippen LogP contribution in [0.5, 0.6) is 0 Å². The van der Waals surface area contributed by atoms with Crippen molar-refractivity contribution in [3.63, 3.8) is 0 Å². The Labute approximate surface area is 123 Å². The molecule has 2 aromatic rings. The topological polar surface area (TPSA) is 71.3 Å². The number of nitrogens with zero attached hydrogens (tertiary/aromatic N) is 3. The van der Waals surface area contributed by atoms with E-state index in [1.807, 2.05) is 0 Å². The number of aromatic nitrogens is 1. The summed E-state index contributed by atoms with van der Waals surface area (Å²) in [6.45, 7) is 5.94. The van der Waals surface area contributed by atoms with E-state index >= 15 is 0 Å². The minimum absolute atomic E-state index is 0.0861. The van der Waals surface area contributed by atoms with E-state index in [1.54, 1.807) is 24.4 Å². The average Bonchev–Trinajstić information content (AvgIpc) is 2.46. The van der Waals surface area contributed by atoms with Crippen molar-refractivity contribution in [1.82, 2.24) is 9.88 Å². The minimum Gasteiger partial charge on any atom is -0.382 e. The molecule has 0 aliphatic carbocycles. The fourth-order valence-electron chi connectivity index (χ4n) is 2.08. The van der Waals surface area contributed by atoms with Crippen LogP contribution in [0.1, 0.15) is 13.8 Å². The van der Waals surface area contributed by atoms with Crippen LogP contribution in [-0.2, 0) is 0 Å². The molecule has 1 heterocycles. The van der Waals surface area contributed by atoms with Crippen LogP contribution in [0.4, 0.5) is 11.4 Å². The Morgan fingerprint density at radius 1 is 1.38 bits per heavy atom. The molecule has 112 valence electrons. The van der Waals surface area contributed by atoms with Crippen molar-refractivity contribution in [2.45, 2.75) is 19.9 Å². The molecule has 0 saturated carbocycles. The Hall–Kier alpha value is -2.21. The van der Waals surface area contributed by atoms with Crippen molar-refractivity contribution < 1.29 is 4.92 Å². The number of nitro groups is 1. The highest BCUT2D eigenvalue weighted by molar-refractivity contribution is 5.96. The van der Waals surface area contributed by atoms with Gasteiger partial charge in [-0.2, -0.15) is 0 Å². The van der Waals surface area contributed by atoms with Crippen molar-refractivity contribution in [1.29, 1.82) is 0 Å². The third-order valence-electron chi connectivity index (χ3n) is 3.60. The van der Waals surface area contributed by atoms with Crippen LogP contribution in [0.15, 0.2) is 30.5 Å². The molecule has 0 bridgehead atoms. The Bertz CT molecular complexity index is 643. The van der Waals surface area contributed by atoms with Crippen LogP contribution in [0.2, 0.25) is 0 Å². The smallest absolute Gasteiger partial charge is 0.278 e. The number of pyridine rings is 1. The van der Waals surface area contributed by atoms with Crippen molar-refractivity contribution >= 4 is 22.3 Å². The summed E-state index contributed by atoms with van der Waals surface area (Å²) in [6.07, 6.45) is 1.65. The third kappa shape index (κ3) is 3.46. The number of fused-ring (bicyclic) bond motifs is 1. The standard InChI is InChI=1S/C15H20N4O2/c1-11(2)18(3)10-9-16-13-6-7-14(19(20)21)12-5-4-8-17-15(12)13/h4-8,11,16H,9-10H2,1-3H3. The van der Waals surface area contributed by atoms with Gasteiger partial charge in [-0.1, -0.05) is 0 Å². The van der Waals surface area contributed by atoms with Gasteiger partial charge in [-0.25, -0.2) is 0 Å². The summed E-state index contributed by atoms with van der Waals surface area (Å²) < 4.78 is 0. The maximum atomic E-state index is 11.1. The van der Waals surface area contributed by atoms with Crippen LogP contribution < -0.4 is 5.32 Å². The predicted molar refractivity (Wildman–Crippen MR) is 84.7 cm³/mol. The molecule has 21 heavy (non-hydrogen) atoms. The van der Waals surface area contributed by atoms with E-state index in [0.717, 1.165) is 18.8 Å². The molecule has 0 unspecified atom stereocenters. The normalized spacial score (nSPS) is 11.3. The molecule has 0 aliphatic heterocycles. The van der Waals surface area contributed by atoms with Gasteiger partial charge in [0.25, 0.3) is 5.69 Å². The molecule has 1 N–H and O–H groups in total. The third-order valence-corrected chi connectivity index (χ3v) is 3.60. The van der Waals surface area contributed by atoms with Gasteiger partial charge >= 0.3 is 0 Å². The molecular weight excluding hydrogens is 268 g/mol. The first-order valence-electron chi connectivity index (χ1n) is 6.97. The first-order chi connectivity index (χ1) is 10.0. The van der Waals surface area contributed by atoms with Crippen molar-refractivity contribution in [3.05, 3.63) is 40.6 Å². The fraction of sp³-hybridized carbons (Fsp3) is 0.400. The van der Waals surface area contributed by atoms with E-state index in [4.69, 9.17) is 0 Å². The van der Waals surface area contributed by atoms with Crippen LogP contribution in [0.3, 0.4) is 0 Å². The number of hydrogen-bond acceptors (Lipinski definition) is 5. The van der Waals surface area contributed by atoms with Gasteiger partial charge in [0.15, 0.2) is 0 Å². The number of nitro benzene ring substituents is 1. The number of benzene rings is 1. The molecule has 2 rings (SSSR count). The van der Waals surface area contributed by atoms with Gasteiger partial charge in [0, 0.05) is 31.4 Å². The summed E-state index contributed by atoms with van der Waals surface area (Å²) in [4.78, 5) is 17.2. The first-order valence-corrected chi connectivity index (χ1v) is 6.97. The summed E-state index contributed by atoms with van der Waals surface area (Å²) in [5.74, 6) is 0. The van der Waals surface area contributed by atoms with E-state index in [1.165, 1.54) is 6.07 Å². The molecular formula is C15H20N4O2. The molecule has 6 nitrogen and oxygen atoms in total. The molecule has 0 radical (unpaired) electrons. The van der Waals surface area contributed by atoms with Crippen LogP contribution in [0.25, 0.3) is 10.9 Å². The number of non-ortho nitro benzene ring substituents is 1. The lowest BCUT2D eigenvalue weighted by Gasteiger charge is -2.21. The van der Waals surface area contributed by atoms with E-state index in [-0.39, 0.29) is 10.6 Å². The van der Waals surface area contributed by atoms with Crippen molar-refractivity contribution in [2.24, 2.45) is 0 Å². The average molecular weight is 288 g/mol. The number of hydrogen-bond donors (Lipinski definition) is 1. The van der Waals surface area contributed by atoms with E-state index in [9.17, 15) is 10.1 Å². The number of anilines is 1. The molecule has 0 atom stereocenters. The lowest BCUT2D eigenvalue weighted by Crippen LogP contribution is -2.31. The monoisotopic (exact) mass is 288 g/mol. The van der Waals surface area contributed by atoms with E-state index in [2.05, 4.69) is 36.1 Å². The van der Waals surface area contributed by atoms with Gasteiger partial charge in [0.2, 0.25) is 0 Å². The maximum Gasteiger partial charge on any atom is 0.278 e. The number of nitrogens with one attached hydrogen (secondary N) is 1. The Balaban J connectivity index is 2.22. The van der Waals surface area contributed by atoms with Crippen molar-refractivity contribution in [3.8, 4) is 0 Å². The summed E-state index contributed by atoms with van der Waals surface area (Å²) in [5.41, 5.74) is 1.55. The molecule has 1 aromatic heterocycles. The van der Waals surface area contributed by atoms with E-state index < -0.39 is 0 Å². The number of likely N-dealkylation sites (N-methyl/N-ethyl adjacent to an activating group) is 1. The summed E-state index contributed by atoms with van der Waals surface area (Å²) in [7, 11) is 2.07. The first kappa shape index (κ1) is 15.2. The van der Waals surface area contributed by atoms with Gasteiger partial charge in [-0.3, -0.25) is 15.1 Å². The second-order valence-corrected chi connectivity index (χ2v) is 5.29. The molecule has 1 aromatic carbocycles. The Morgan fingerprint density at radius 2 is 2.14 bits per heavy atom. The van der Waals surface area contributed by atoms with Crippen molar-refractivity contribution in [2.75, 3.05) is 25.5 Å². The molecule has 0 amide bonds. The SMILES string of the molecule is CC(C)N(C)CCNc1ccc([N+](=O)[O-])c2cccnc12. The summed E-state index contributed by atoms with van der Waals surface area (Å²) in [6, 6.07) is 7.18. The molecule has 6 heteroatoms. The van der Waals surface area contributed by atoms with Gasteiger partial charge < -0.3 is 10.2 Å². The zero-order chi connectivity index (χ0) is 15.4. The lowest BCUT2D eigenvalue weighted by molar-refractivity contribution is -0.383. The maximum absolute atomic E-state index is 11.1. The largest absolute Gasteiger partial charge is 0.382 e.